The maximum atomic E-state index is 12.6. The van der Waals surface area contributed by atoms with Crippen molar-refractivity contribution in [3.8, 4) is 57.1 Å². The molecule has 0 fully saturated rings. The third-order valence-electron chi connectivity index (χ3n) is 19.7. The summed E-state index contributed by atoms with van der Waals surface area (Å²) in [7, 11) is 0. The minimum Gasteiger partial charge on any atom is -0.311 e. The highest BCUT2D eigenvalue weighted by atomic mass is 15.2. The Morgan fingerprint density at radius 1 is 0.277 bits per heavy atom. The van der Waals surface area contributed by atoms with Crippen LogP contribution in [0.25, 0.3) is 132 Å². The summed E-state index contributed by atoms with van der Waals surface area (Å²) in [6, 6.07) is 41.0. The van der Waals surface area contributed by atoms with Gasteiger partial charge in [-0.15, -0.1) is 0 Å². The summed E-state index contributed by atoms with van der Waals surface area (Å²) in [5, 5.41) is 26.1. The maximum Gasteiger partial charge on any atom is 0.252 e. The van der Waals surface area contributed by atoms with E-state index in [2.05, 4.69) is 12.1 Å². The van der Waals surface area contributed by atoms with Gasteiger partial charge in [-0.25, -0.2) is 0 Å². The molecule has 0 saturated carbocycles. The summed E-state index contributed by atoms with van der Waals surface area (Å²) < 4.78 is 243. The summed E-state index contributed by atoms with van der Waals surface area (Å²) >= 11 is 0. The molecule has 4 aromatic heterocycles. The number of hydrogen-bond donors (Lipinski definition) is 0. The van der Waals surface area contributed by atoms with E-state index >= 15 is 0 Å². The topological polar surface area (TPSA) is 73.8 Å². The van der Waals surface area contributed by atoms with Crippen LogP contribution in [-0.4, -0.2) is 25.0 Å². The highest BCUT2D eigenvalue weighted by molar-refractivity contribution is 7.00. The van der Waals surface area contributed by atoms with Gasteiger partial charge in [0.2, 0.25) is 0 Å². The van der Waals surface area contributed by atoms with E-state index in [1.807, 2.05) is 111 Å². The molecule has 0 aliphatic carbocycles. The van der Waals surface area contributed by atoms with Crippen molar-refractivity contribution in [1.82, 2.24) is 18.3 Å². The van der Waals surface area contributed by atoms with Gasteiger partial charge in [0.25, 0.3) is 6.71 Å². The fourth-order valence-electron chi connectivity index (χ4n) is 15.6. The molecule has 0 atom stereocenters. The summed E-state index contributed by atoms with van der Waals surface area (Å²) in [6.07, 6.45) is 0. The van der Waals surface area contributed by atoms with E-state index in [-0.39, 0.29) is 89.6 Å². The van der Waals surface area contributed by atoms with Gasteiger partial charge in [-0.3, -0.25) is 0 Å². The van der Waals surface area contributed by atoms with E-state index in [0.29, 0.717) is 49.8 Å². The summed E-state index contributed by atoms with van der Waals surface area (Å²) in [6.45, 7) is -1.14. The monoisotopic (exact) mass is 1310 g/mol. The SMILES string of the molecule is [2H]c1c([2H])c([2H])c(-c2ccc3c(c2)N(c2ccc(C#N)c(-n4c5ccccc5c5ccccc54)c2)c2cc(-n4c5c([2H])c([2H])c([2H])c([2H])c5c5c([2H])c(-c6c([2H])c([2H])c([2H])c([2H])c6[2H])c([2H])c([2H])c54)cc4c2B3c2ccc(-n3c5c([2H])c([2H])c([2H])c([2H])c5c5c([2H])c([2H])c([2H])c([2H])c53)cc2N4c2cccc(-n3c4ccccc4c4ccccc43)c2C#N)c([2H])c1[2H]. The van der Waals surface area contributed by atoms with Crippen molar-refractivity contribution in [1.29, 1.82) is 10.5 Å². The molecule has 19 aromatic rings. The minimum absolute atomic E-state index is 0.00888. The molecular weight excluding hydrogens is 1230 g/mol. The van der Waals surface area contributed by atoms with Crippen molar-refractivity contribution < 1.29 is 34.3 Å². The van der Waals surface area contributed by atoms with Crippen LogP contribution < -0.4 is 26.2 Å². The molecule has 9 heteroatoms. The van der Waals surface area contributed by atoms with E-state index < -0.39 is 191 Å². The lowest BCUT2D eigenvalue weighted by molar-refractivity contribution is 1.14. The van der Waals surface area contributed by atoms with Gasteiger partial charge >= 0.3 is 0 Å². The predicted octanol–water partition coefficient (Wildman–Crippen LogP) is 21.2. The van der Waals surface area contributed by atoms with Gasteiger partial charge in [0.15, 0.2) is 0 Å². The lowest BCUT2D eigenvalue weighted by atomic mass is 9.33. The first-order valence-corrected chi connectivity index (χ1v) is 32.3. The highest BCUT2D eigenvalue weighted by Crippen LogP contribution is 2.50. The van der Waals surface area contributed by atoms with Crippen molar-refractivity contribution in [3.05, 3.63) is 344 Å². The van der Waals surface area contributed by atoms with Gasteiger partial charge in [-0.05, 0) is 154 Å². The lowest BCUT2D eigenvalue weighted by Crippen LogP contribution is -2.61. The van der Waals surface area contributed by atoms with Gasteiger partial charge in [0.1, 0.15) is 17.7 Å². The molecule has 0 bridgehead atoms. The van der Waals surface area contributed by atoms with Crippen molar-refractivity contribution in [2.24, 2.45) is 0 Å². The molecule has 21 rings (SSSR count). The summed E-state index contributed by atoms with van der Waals surface area (Å²) in [5.41, 5.74) is 3.13. The molecule has 466 valence electrons. The number of para-hydroxylation sites is 7. The highest BCUT2D eigenvalue weighted by Gasteiger charge is 2.45. The van der Waals surface area contributed by atoms with Crippen LogP contribution in [0.15, 0.2) is 333 Å². The van der Waals surface area contributed by atoms with Gasteiger partial charge in [0.05, 0.1) is 107 Å². The van der Waals surface area contributed by atoms with Crippen LogP contribution in [0.1, 0.15) is 45.4 Å². The third-order valence-corrected chi connectivity index (χ3v) is 19.7. The molecule has 0 spiro atoms. The van der Waals surface area contributed by atoms with Crippen LogP contribution in [0.3, 0.4) is 0 Å². The molecule has 2 aliphatic rings. The first kappa shape index (κ1) is 37.0. The van der Waals surface area contributed by atoms with E-state index in [9.17, 15) is 33.8 Å². The fourth-order valence-corrected chi connectivity index (χ4v) is 15.6. The van der Waals surface area contributed by atoms with Crippen LogP contribution in [0.2, 0.25) is 0 Å². The molecule has 0 amide bonds. The first-order chi connectivity index (χ1) is 60.4. The molecule has 0 unspecified atom stereocenters. The van der Waals surface area contributed by atoms with E-state index in [1.165, 1.54) is 9.13 Å². The van der Waals surface area contributed by atoms with Crippen LogP contribution in [0.5, 0.6) is 0 Å². The van der Waals surface area contributed by atoms with Crippen LogP contribution in [0, 0.1) is 22.7 Å². The average Bonchev–Trinajstić information content (AvgIpc) is 1.29. The van der Waals surface area contributed by atoms with Gasteiger partial charge in [-0.1, -0.05) is 218 Å². The Balaban J connectivity index is 0.981. The Hall–Kier alpha value is -13.9. The Bertz CT molecular complexity index is 8210. The molecule has 0 N–H and O–H groups in total. The number of nitrogens with zero attached hydrogens (tertiary/aromatic N) is 8. The Kier molecular flexibility index (Phi) is 8.00. The smallest absolute Gasteiger partial charge is 0.252 e. The largest absolute Gasteiger partial charge is 0.311 e. The zero-order valence-corrected chi connectivity index (χ0v) is 52.5. The number of rotatable bonds is 8. The molecule has 2 aliphatic heterocycles. The molecule has 8 nitrogen and oxygen atoms in total. The minimum atomic E-state index is -1.14. The van der Waals surface area contributed by atoms with Gasteiger partial charge < -0.3 is 28.1 Å². The maximum absolute atomic E-state index is 12.6. The molecule has 0 saturated heterocycles. The van der Waals surface area contributed by atoms with Crippen molar-refractivity contribution in [3.63, 3.8) is 0 Å². The lowest BCUT2D eigenvalue weighted by Gasteiger charge is -2.45. The molecular formula is C92H55BN8. The second-order valence-electron chi connectivity index (χ2n) is 24.7. The fraction of sp³-hybridized carbons (Fsp3) is 0. The quantitative estimate of drug-likeness (QED) is 0.142. The van der Waals surface area contributed by atoms with Crippen LogP contribution in [0.4, 0.5) is 34.1 Å². The zero-order chi connectivity index (χ0) is 88.3. The number of hydrogen-bond acceptors (Lipinski definition) is 4. The number of fused-ring (bicyclic) bond motifs is 16. The van der Waals surface area contributed by atoms with E-state index in [0.717, 1.165) is 21.5 Å². The standard InChI is InChI=1S/C92H55BN8/c94-56-62-42-45-63(52-87(62)100-82-38-19-11-30-70(82)71-31-12-20-39-83(71)100)97-88-51-61(59-24-5-2-6-25-59)43-47-75(88)93-76-48-46-64(96-77-33-14-7-26-66(77)67-27-8-15-34-78(67)96)53-89(76)101(85-41-21-40-84(74(85)57-95)99-80-36-17-9-28-68(80)69-29-10-18-37-81(69)99)91-55-65(54-90(97)92(91)93)98-79-35-16-13-32-72(79)73-50-60(44-49-86(73)98)58-22-3-1-4-23-58/h1-55H/i1D,2D,3D,4D,5D,6D,7D,8D,13D,14D,15D,16D,22D,23D,24D,25D,26D,27D,32D,33D,34D,35D,44D,49D,50D. The normalized spacial score (nSPS) is 15.9. The Morgan fingerprint density at radius 3 is 1.32 bits per heavy atom. The number of benzene rings is 15. The van der Waals surface area contributed by atoms with E-state index in [4.69, 9.17) is 11.0 Å². The van der Waals surface area contributed by atoms with E-state index in [1.54, 1.807) is 89.8 Å². The number of anilines is 6. The van der Waals surface area contributed by atoms with Crippen LogP contribution >= 0.6 is 0 Å². The second-order valence-corrected chi connectivity index (χ2v) is 24.7. The second kappa shape index (κ2) is 21.8. The van der Waals surface area contributed by atoms with Crippen molar-refractivity contribution in [2.45, 2.75) is 0 Å². The Morgan fingerprint density at radius 2 is 0.733 bits per heavy atom. The molecule has 0 radical (unpaired) electrons. The van der Waals surface area contributed by atoms with Gasteiger partial charge in [0, 0.05) is 77.2 Å². The number of aromatic nitrogens is 4. The summed E-state index contributed by atoms with van der Waals surface area (Å²) in [5.74, 6) is 0. The van der Waals surface area contributed by atoms with Crippen molar-refractivity contribution >= 4 is 144 Å². The third kappa shape index (κ3) is 8.18. The Labute approximate surface area is 616 Å². The van der Waals surface area contributed by atoms with Gasteiger partial charge in [-0.2, -0.15) is 10.5 Å². The first-order valence-electron chi connectivity index (χ1n) is 44.8. The molecule has 15 aromatic carbocycles. The molecule has 6 heterocycles. The molecule has 101 heavy (non-hydrogen) atoms. The zero-order valence-electron chi connectivity index (χ0n) is 77.5. The van der Waals surface area contributed by atoms with Crippen LogP contribution in [-0.2, 0) is 0 Å². The number of nitriles is 2. The van der Waals surface area contributed by atoms with Crippen molar-refractivity contribution in [2.75, 3.05) is 9.80 Å². The summed E-state index contributed by atoms with van der Waals surface area (Å²) in [4.78, 5) is 3.57. The average molecular weight is 1310 g/mol. The predicted molar refractivity (Wildman–Crippen MR) is 418 cm³/mol.